The average Bonchev–Trinajstić information content (AvgIpc) is 3.38. The summed E-state index contributed by atoms with van der Waals surface area (Å²) in [5.41, 5.74) is 1.85. The Hall–Kier alpha value is -1.64. The second-order valence-corrected chi connectivity index (χ2v) is 10.9. The highest BCUT2D eigenvalue weighted by atomic mass is 32.2. The minimum Gasteiger partial charge on any atom is -0.357 e. The highest BCUT2D eigenvalue weighted by Crippen LogP contribution is 2.26. The van der Waals surface area contributed by atoms with Crippen LogP contribution in [0.15, 0.2) is 29.3 Å². The third-order valence-electron chi connectivity index (χ3n) is 5.96. The highest BCUT2D eigenvalue weighted by Gasteiger charge is 2.30. The van der Waals surface area contributed by atoms with Crippen molar-refractivity contribution in [2.24, 2.45) is 4.99 Å². The van der Waals surface area contributed by atoms with Gasteiger partial charge in [-0.3, -0.25) is 4.90 Å². The van der Waals surface area contributed by atoms with Crippen molar-refractivity contribution in [2.45, 2.75) is 83.3 Å². The Kier molecular flexibility index (Phi) is 8.75. The molecule has 7 nitrogen and oxygen atoms in total. The number of benzene rings is 1. The first-order valence-electron chi connectivity index (χ1n) is 11.7. The lowest BCUT2D eigenvalue weighted by molar-refractivity contribution is 0.242. The second-order valence-electron chi connectivity index (χ2n) is 9.11. The summed E-state index contributed by atoms with van der Waals surface area (Å²) < 4.78 is 26.8. The van der Waals surface area contributed by atoms with Crippen molar-refractivity contribution in [3.63, 3.8) is 0 Å². The molecule has 31 heavy (non-hydrogen) atoms. The molecule has 2 fully saturated rings. The van der Waals surface area contributed by atoms with Crippen molar-refractivity contribution in [3.8, 4) is 0 Å². The fourth-order valence-corrected chi connectivity index (χ4v) is 5.98. The number of likely N-dealkylation sites (tertiary alicyclic amines) is 1. The van der Waals surface area contributed by atoms with Gasteiger partial charge in [-0.05, 0) is 51.2 Å². The summed E-state index contributed by atoms with van der Waals surface area (Å²) in [7, 11) is -3.31. The van der Waals surface area contributed by atoms with Crippen molar-refractivity contribution in [2.75, 3.05) is 19.6 Å². The molecule has 8 heteroatoms. The van der Waals surface area contributed by atoms with Crippen molar-refractivity contribution in [3.05, 3.63) is 35.4 Å². The van der Waals surface area contributed by atoms with Gasteiger partial charge in [0.25, 0.3) is 0 Å². The van der Waals surface area contributed by atoms with Gasteiger partial charge in [0, 0.05) is 37.8 Å². The molecule has 1 atom stereocenters. The molecule has 3 N–H and O–H groups in total. The van der Waals surface area contributed by atoms with E-state index in [0.717, 1.165) is 42.6 Å². The smallest absolute Gasteiger partial charge is 0.216 e. The average molecular weight is 450 g/mol. The normalized spacial score (nSPS) is 21.2. The van der Waals surface area contributed by atoms with Crippen LogP contribution in [0.3, 0.4) is 0 Å². The van der Waals surface area contributed by atoms with Crippen molar-refractivity contribution < 1.29 is 8.42 Å². The lowest BCUT2D eigenvalue weighted by atomic mass is 10.1. The Morgan fingerprint density at radius 3 is 2.45 bits per heavy atom. The molecular formula is C23H39N5O2S. The summed E-state index contributed by atoms with van der Waals surface area (Å²) >= 11 is 0. The van der Waals surface area contributed by atoms with Crippen molar-refractivity contribution >= 4 is 16.0 Å². The highest BCUT2D eigenvalue weighted by molar-refractivity contribution is 7.88. The van der Waals surface area contributed by atoms with E-state index >= 15 is 0 Å². The molecule has 1 heterocycles. The van der Waals surface area contributed by atoms with Crippen LogP contribution in [0.5, 0.6) is 0 Å². The van der Waals surface area contributed by atoms with E-state index in [9.17, 15) is 8.42 Å². The molecular weight excluding hydrogens is 410 g/mol. The van der Waals surface area contributed by atoms with Gasteiger partial charge in [-0.25, -0.2) is 18.1 Å². The van der Waals surface area contributed by atoms with Crippen LogP contribution in [0.4, 0.5) is 0 Å². The molecule has 0 aromatic heterocycles. The van der Waals surface area contributed by atoms with E-state index in [1.807, 2.05) is 38.1 Å². The Morgan fingerprint density at radius 2 is 1.81 bits per heavy atom. The number of sulfonamides is 1. The van der Waals surface area contributed by atoms with E-state index in [0.29, 0.717) is 12.6 Å². The van der Waals surface area contributed by atoms with Crippen LogP contribution >= 0.6 is 0 Å². The SMILES string of the molecule is CCNC(=NCc1ccc(CS(=O)(=O)NC(C)C)cc1)NC1CCN(C2CCCC2)C1. The van der Waals surface area contributed by atoms with Crippen molar-refractivity contribution in [1.82, 2.24) is 20.3 Å². The van der Waals surface area contributed by atoms with Crippen molar-refractivity contribution in [1.29, 1.82) is 0 Å². The zero-order valence-electron chi connectivity index (χ0n) is 19.2. The molecule has 1 unspecified atom stereocenters. The predicted molar refractivity (Wildman–Crippen MR) is 128 cm³/mol. The maximum Gasteiger partial charge on any atom is 0.216 e. The van der Waals surface area contributed by atoms with E-state index in [1.165, 1.54) is 32.2 Å². The van der Waals surface area contributed by atoms with Crippen LogP contribution < -0.4 is 15.4 Å². The van der Waals surface area contributed by atoms with E-state index in [2.05, 4.69) is 27.2 Å². The zero-order chi connectivity index (χ0) is 22.3. The van der Waals surface area contributed by atoms with E-state index in [1.54, 1.807) is 0 Å². The Morgan fingerprint density at radius 1 is 1.13 bits per heavy atom. The first-order valence-corrected chi connectivity index (χ1v) is 13.4. The molecule has 174 valence electrons. The lowest BCUT2D eigenvalue weighted by Crippen LogP contribution is -2.45. The number of hydrogen-bond acceptors (Lipinski definition) is 4. The fourth-order valence-electron chi connectivity index (χ4n) is 4.55. The topological polar surface area (TPSA) is 85.8 Å². The minimum absolute atomic E-state index is 0.00189. The lowest BCUT2D eigenvalue weighted by Gasteiger charge is -2.24. The van der Waals surface area contributed by atoms with Crippen LogP contribution in [-0.2, 0) is 22.3 Å². The third-order valence-corrected chi connectivity index (χ3v) is 7.50. The molecule has 1 aliphatic carbocycles. The van der Waals surface area contributed by atoms with Gasteiger partial charge in [-0.1, -0.05) is 37.1 Å². The molecule has 1 saturated heterocycles. The van der Waals surface area contributed by atoms with Gasteiger partial charge < -0.3 is 10.6 Å². The van der Waals surface area contributed by atoms with E-state index < -0.39 is 10.0 Å². The summed E-state index contributed by atoms with van der Waals surface area (Å²) in [4.78, 5) is 7.41. The summed E-state index contributed by atoms with van der Waals surface area (Å²) in [6, 6.07) is 8.81. The molecule has 3 rings (SSSR count). The number of aliphatic imine (C=N–C) groups is 1. The van der Waals surface area contributed by atoms with Crippen LogP contribution in [-0.4, -0.2) is 57.0 Å². The molecule has 1 aromatic carbocycles. The first-order chi connectivity index (χ1) is 14.8. The number of hydrogen-bond donors (Lipinski definition) is 3. The molecule has 1 aromatic rings. The van der Waals surface area contributed by atoms with E-state index in [-0.39, 0.29) is 11.8 Å². The second kappa shape index (κ2) is 11.3. The Labute approximate surface area is 188 Å². The third kappa shape index (κ3) is 7.77. The summed E-state index contributed by atoms with van der Waals surface area (Å²) in [6.07, 6.45) is 6.62. The number of nitrogens with zero attached hydrogens (tertiary/aromatic N) is 2. The largest absolute Gasteiger partial charge is 0.357 e. The predicted octanol–water partition coefficient (Wildman–Crippen LogP) is 2.59. The van der Waals surface area contributed by atoms with Gasteiger partial charge in [-0.15, -0.1) is 0 Å². The maximum atomic E-state index is 12.1. The molecule has 1 aliphatic heterocycles. The molecule has 0 spiro atoms. The zero-order valence-corrected chi connectivity index (χ0v) is 20.0. The van der Waals surface area contributed by atoms with Gasteiger partial charge in [0.15, 0.2) is 5.96 Å². The van der Waals surface area contributed by atoms with Gasteiger partial charge >= 0.3 is 0 Å². The molecule has 0 bridgehead atoms. The van der Waals surface area contributed by atoms with Gasteiger partial charge in [0.05, 0.1) is 12.3 Å². The molecule has 0 radical (unpaired) electrons. The van der Waals surface area contributed by atoms with Crippen LogP contribution in [0.1, 0.15) is 64.0 Å². The number of guanidine groups is 1. The monoisotopic (exact) mass is 449 g/mol. The fraction of sp³-hybridized carbons (Fsp3) is 0.696. The maximum absolute atomic E-state index is 12.1. The van der Waals surface area contributed by atoms with Crippen LogP contribution in [0, 0.1) is 0 Å². The van der Waals surface area contributed by atoms with Crippen LogP contribution in [0.25, 0.3) is 0 Å². The van der Waals surface area contributed by atoms with Gasteiger partial charge in [0.1, 0.15) is 0 Å². The minimum atomic E-state index is -3.31. The Balaban J connectivity index is 1.53. The molecule has 1 saturated carbocycles. The van der Waals surface area contributed by atoms with Crippen LogP contribution in [0.2, 0.25) is 0 Å². The molecule has 2 aliphatic rings. The Bertz CT molecular complexity index is 817. The summed E-state index contributed by atoms with van der Waals surface area (Å²) in [5, 5.41) is 6.97. The van der Waals surface area contributed by atoms with Gasteiger partial charge in [-0.2, -0.15) is 0 Å². The van der Waals surface area contributed by atoms with Gasteiger partial charge in [0.2, 0.25) is 10.0 Å². The van der Waals surface area contributed by atoms with E-state index in [4.69, 9.17) is 4.99 Å². The first kappa shape index (κ1) is 24.0. The molecule has 0 amide bonds. The standard InChI is InChI=1S/C23H39N5O2S/c1-4-24-23(26-21-13-14-28(16-21)22-7-5-6-8-22)25-15-19-9-11-20(12-10-19)17-31(29,30)27-18(2)3/h9-12,18,21-22,27H,4-8,13-17H2,1-3H3,(H2,24,25,26). The summed E-state index contributed by atoms with van der Waals surface area (Å²) in [6.45, 7) is 9.40. The number of rotatable bonds is 9. The quantitative estimate of drug-likeness (QED) is 0.399. The summed E-state index contributed by atoms with van der Waals surface area (Å²) in [5.74, 6) is 0.853. The number of nitrogens with one attached hydrogen (secondary N) is 3.